The molecule has 0 atom stereocenters. The van der Waals surface area contributed by atoms with Crippen molar-refractivity contribution in [3.8, 4) is 11.4 Å². The fraction of sp³-hybridized carbons (Fsp3) is 0.105. The summed E-state index contributed by atoms with van der Waals surface area (Å²) in [6.07, 6.45) is 1.77. The summed E-state index contributed by atoms with van der Waals surface area (Å²) >= 11 is 11.1. The van der Waals surface area contributed by atoms with Crippen LogP contribution in [0.3, 0.4) is 0 Å². The van der Waals surface area contributed by atoms with Crippen LogP contribution in [0.5, 0.6) is 0 Å². The van der Waals surface area contributed by atoms with Crippen molar-refractivity contribution in [2.45, 2.75) is 11.7 Å². The lowest BCUT2D eigenvalue weighted by molar-refractivity contribution is 0.102. The van der Waals surface area contributed by atoms with Crippen molar-refractivity contribution in [2.24, 2.45) is 0 Å². The fourth-order valence-electron chi connectivity index (χ4n) is 2.43. The maximum absolute atomic E-state index is 12.5. The first-order valence-corrected chi connectivity index (χ1v) is 9.97. The van der Waals surface area contributed by atoms with Gasteiger partial charge in [0.05, 0.1) is 10.8 Å². The van der Waals surface area contributed by atoms with Gasteiger partial charge in [0.25, 0.3) is 0 Å². The Bertz CT molecular complexity index is 957. The summed E-state index contributed by atoms with van der Waals surface area (Å²) in [4.78, 5) is 12.5. The molecule has 7 heteroatoms. The molecule has 1 aromatic heterocycles. The van der Waals surface area contributed by atoms with Crippen molar-refractivity contribution in [1.82, 2.24) is 14.8 Å². The van der Waals surface area contributed by atoms with Gasteiger partial charge in [0.15, 0.2) is 16.8 Å². The van der Waals surface area contributed by atoms with E-state index in [0.717, 1.165) is 10.0 Å². The fourth-order valence-corrected chi connectivity index (χ4v) is 3.98. The molecule has 2 aromatic carbocycles. The number of aromatic nitrogens is 3. The molecule has 1 heterocycles. The zero-order valence-electron chi connectivity index (χ0n) is 13.7. The summed E-state index contributed by atoms with van der Waals surface area (Å²) in [5.74, 6) is 0.946. The van der Waals surface area contributed by atoms with E-state index in [2.05, 4.69) is 32.7 Å². The standard InChI is InChI=1S/C19H15BrClN3OS/c1-2-11-24-18(14-8-4-6-10-16(14)21)22-23-19(24)26-12-17(25)13-7-3-5-9-15(13)20/h2-10H,1,11-12H2. The van der Waals surface area contributed by atoms with E-state index < -0.39 is 0 Å². The van der Waals surface area contributed by atoms with E-state index >= 15 is 0 Å². The maximum atomic E-state index is 12.5. The molecular weight excluding hydrogens is 434 g/mol. The Balaban J connectivity index is 1.85. The number of hydrogen-bond acceptors (Lipinski definition) is 4. The average molecular weight is 449 g/mol. The van der Waals surface area contributed by atoms with Crippen molar-refractivity contribution >= 4 is 45.1 Å². The second-order valence-corrected chi connectivity index (χ2v) is 7.58. The Kier molecular flexibility index (Phi) is 6.29. The molecule has 0 aliphatic heterocycles. The van der Waals surface area contributed by atoms with Gasteiger partial charge < -0.3 is 0 Å². The van der Waals surface area contributed by atoms with Gasteiger partial charge >= 0.3 is 0 Å². The van der Waals surface area contributed by atoms with Crippen LogP contribution in [0.25, 0.3) is 11.4 Å². The highest BCUT2D eigenvalue weighted by molar-refractivity contribution is 9.10. The van der Waals surface area contributed by atoms with Gasteiger partial charge in [-0.25, -0.2) is 0 Å². The van der Waals surface area contributed by atoms with Crippen LogP contribution in [0.1, 0.15) is 10.4 Å². The van der Waals surface area contributed by atoms with Gasteiger partial charge in [-0.3, -0.25) is 9.36 Å². The lowest BCUT2D eigenvalue weighted by Crippen LogP contribution is -2.06. The monoisotopic (exact) mass is 447 g/mol. The summed E-state index contributed by atoms with van der Waals surface area (Å²) in [5, 5.41) is 9.78. The number of nitrogens with zero attached hydrogens (tertiary/aromatic N) is 3. The van der Waals surface area contributed by atoms with Crippen LogP contribution in [0.4, 0.5) is 0 Å². The van der Waals surface area contributed by atoms with Crippen LogP contribution in [0, 0.1) is 0 Å². The van der Waals surface area contributed by atoms with E-state index in [1.165, 1.54) is 11.8 Å². The Morgan fingerprint density at radius 1 is 1.19 bits per heavy atom. The highest BCUT2D eigenvalue weighted by atomic mass is 79.9. The number of benzene rings is 2. The predicted octanol–water partition coefficient (Wildman–Crippen LogP) is 5.52. The van der Waals surface area contributed by atoms with Crippen LogP contribution in [-0.2, 0) is 6.54 Å². The van der Waals surface area contributed by atoms with Crippen LogP contribution < -0.4 is 0 Å². The predicted molar refractivity (Wildman–Crippen MR) is 110 cm³/mol. The highest BCUT2D eigenvalue weighted by Gasteiger charge is 2.17. The lowest BCUT2D eigenvalue weighted by atomic mass is 10.1. The maximum Gasteiger partial charge on any atom is 0.192 e. The summed E-state index contributed by atoms with van der Waals surface area (Å²) < 4.78 is 2.70. The molecule has 0 amide bonds. The van der Waals surface area contributed by atoms with Crippen molar-refractivity contribution in [3.05, 3.63) is 76.2 Å². The third kappa shape index (κ3) is 4.09. The first-order chi connectivity index (χ1) is 12.6. The second kappa shape index (κ2) is 8.66. The average Bonchev–Trinajstić information content (AvgIpc) is 3.03. The van der Waals surface area contributed by atoms with Crippen LogP contribution >= 0.6 is 39.3 Å². The number of carbonyl (C=O) groups excluding carboxylic acids is 1. The molecule has 132 valence electrons. The lowest BCUT2D eigenvalue weighted by Gasteiger charge is -2.09. The third-order valence-electron chi connectivity index (χ3n) is 3.65. The summed E-state index contributed by atoms with van der Waals surface area (Å²) in [6.45, 7) is 4.32. The van der Waals surface area contributed by atoms with Gasteiger partial charge in [-0.2, -0.15) is 0 Å². The van der Waals surface area contributed by atoms with E-state index in [-0.39, 0.29) is 11.5 Å². The van der Waals surface area contributed by atoms with E-state index in [1.807, 2.05) is 47.0 Å². The van der Waals surface area contributed by atoms with E-state index in [9.17, 15) is 4.79 Å². The number of allylic oxidation sites excluding steroid dienone is 1. The Hall–Kier alpha value is -1.89. The van der Waals surface area contributed by atoms with Gasteiger partial charge in [-0.05, 0) is 18.2 Å². The molecule has 4 nitrogen and oxygen atoms in total. The number of carbonyl (C=O) groups is 1. The molecule has 0 aliphatic rings. The molecule has 0 unspecified atom stereocenters. The second-order valence-electron chi connectivity index (χ2n) is 5.38. The van der Waals surface area contributed by atoms with Gasteiger partial charge in [0.2, 0.25) is 0 Å². The minimum atomic E-state index is 0.0231. The molecule has 0 bridgehead atoms. The Morgan fingerprint density at radius 3 is 2.65 bits per heavy atom. The molecule has 3 rings (SSSR count). The topological polar surface area (TPSA) is 47.8 Å². The quantitative estimate of drug-likeness (QED) is 0.271. The van der Waals surface area contributed by atoms with Crippen molar-refractivity contribution in [2.75, 3.05) is 5.75 Å². The zero-order valence-corrected chi connectivity index (χ0v) is 16.9. The van der Waals surface area contributed by atoms with Crippen molar-refractivity contribution in [3.63, 3.8) is 0 Å². The molecule has 0 spiro atoms. The van der Waals surface area contributed by atoms with E-state index in [0.29, 0.717) is 28.1 Å². The van der Waals surface area contributed by atoms with Gasteiger partial charge in [-0.15, -0.1) is 16.8 Å². The minimum Gasteiger partial charge on any atom is -0.298 e. The smallest absolute Gasteiger partial charge is 0.192 e. The minimum absolute atomic E-state index is 0.0231. The molecule has 0 aliphatic carbocycles. The number of ketones is 1. The van der Waals surface area contributed by atoms with E-state index in [4.69, 9.17) is 11.6 Å². The van der Waals surface area contributed by atoms with Crippen molar-refractivity contribution < 1.29 is 4.79 Å². The molecule has 3 aromatic rings. The molecule has 26 heavy (non-hydrogen) atoms. The summed E-state index contributed by atoms with van der Waals surface area (Å²) in [6, 6.07) is 14.9. The van der Waals surface area contributed by atoms with Crippen LogP contribution in [0.15, 0.2) is 70.8 Å². The third-order valence-corrected chi connectivity index (χ3v) is 5.64. The number of rotatable bonds is 7. The zero-order chi connectivity index (χ0) is 18.5. The van der Waals surface area contributed by atoms with Gasteiger partial charge in [-0.1, -0.05) is 75.7 Å². The normalized spacial score (nSPS) is 10.7. The first kappa shape index (κ1) is 18.9. The first-order valence-electron chi connectivity index (χ1n) is 7.81. The van der Waals surface area contributed by atoms with Crippen molar-refractivity contribution in [1.29, 1.82) is 0 Å². The molecule has 0 saturated heterocycles. The largest absolute Gasteiger partial charge is 0.298 e. The number of Topliss-reactive ketones (excluding diaryl/α,β-unsaturated/α-hetero) is 1. The number of halogens is 2. The number of hydrogen-bond donors (Lipinski definition) is 0. The SMILES string of the molecule is C=CCn1c(SCC(=O)c2ccccc2Br)nnc1-c1ccccc1Cl. The molecule has 0 saturated carbocycles. The molecule has 0 fully saturated rings. The summed E-state index contributed by atoms with van der Waals surface area (Å²) in [7, 11) is 0. The van der Waals surface area contributed by atoms with Crippen LogP contribution in [-0.4, -0.2) is 26.3 Å². The Labute approximate surface area is 169 Å². The highest BCUT2D eigenvalue weighted by Crippen LogP contribution is 2.29. The molecular formula is C19H15BrClN3OS. The summed E-state index contributed by atoms with van der Waals surface area (Å²) in [5.41, 5.74) is 1.45. The number of thioether (sulfide) groups is 1. The van der Waals surface area contributed by atoms with Gasteiger partial charge in [0, 0.05) is 22.1 Å². The van der Waals surface area contributed by atoms with Gasteiger partial charge in [0.1, 0.15) is 0 Å². The van der Waals surface area contributed by atoms with Crippen LogP contribution in [0.2, 0.25) is 5.02 Å². The molecule has 0 radical (unpaired) electrons. The molecule has 0 N–H and O–H groups in total. The Morgan fingerprint density at radius 2 is 1.92 bits per heavy atom. The van der Waals surface area contributed by atoms with E-state index in [1.54, 1.807) is 12.1 Å².